The van der Waals surface area contributed by atoms with E-state index >= 15 is 0 Å². The highest BCUT2D eigenvalue weighted by Gasteiger charge is 2.21. The molecule has 1 saturated heterocycles. The molecule has 2 N–H and O–H groups in total. The highest BCUT2D eigenvalue weighted by molar-refractivity contribution is 5.22. The summed E-state index contributed by atoms with van der Waals surface area (Å²) in [5.74, 6) is 0. The van der Waals surface area contributed by atoms with Crippen molar-refractivity contribution in [2.75, 3.05) is 20.2 Å². The zero-order valence-electron chi connectivity index (χ0n) is 9.86. The van der Waals surface area contributed by atoms with E-state index in [0.717, 1.165) is 26.1 Å². The third-order valence-corrected chi connectivity index (χ3v) is 3.23. The standard InChI is InChI=1S/C13H20N2O/c1-16-13-6-7-15(10-13)9-12-4-2-11(8-14)3-5-12/h2-5,13H,6-10,14H2,1H3. The molecule has 1 fully saturated rings. The van der Waals surface area contributed by atoms with Crippen molar-refractivity contribution in [3.63, 3.8) is 0 Å². The number of nitrogens with zero attached hydrogens (tertiary/aromatic N) is 1. The number of hydrogen-bond acceptors (Lipinski definition) is 3. The van der Waals surface area contributed by atoms with Gasteiger partial charge in [0.1, 0.15) is 0 Å². The summed E-state index contributed by atoms with van der Waals surface area (Å²) in [4.78, 5) is 2.44. The maximum Gasteiger partial charge on any atom is 0.0710 e. The van der Waals surface area contributed by atoms with Gasteiger partial charge in [-0.3, -0.25) is 4.90 Å². The molecule has 0 spiro atoms. The van der Waals surface area contributed by atoms with Crippen LogP contribution in [-0.4, -0.2) is 31.2 Å². The van der Waals surface area contributed by atoms with Crippen LogP contribution in [0.1, 0.15) is 17.5 Å². The molecule has 1 unspecified atom stereocenters. The van der Waals surface area contributed by atoms with Gasteiger partial charge in [-0.1, -0.05) is 24.3 Å². The molecule has 1 aromatic carbocycles. The quantitative estimate of drug-likeness (QED) is 0.833. The Balaban J connectivity index is 1.89. The van der Waals surface area contributed by atoms with Gasteiger partial charge in [0.2, 0.25) is 0 Å². The van der Waals surface area contributed by atoms with Crippen LogP contribution >= 0.6 is 0 Å². The molecule has 3 heteroatoms. The lowest BCUT2D eigenvalue weighted by Gasteiger charge is -2.15. The molecule has 88 valence electrons. The minimum absolute atomic E-state index is 0.420. The van der Waals surface area contributed by atoms with Gasteiger partial charge in [0.25, 0.3) is 0 Å². The molecule has 1 aliphatic rings. The van der Waals surface area contributed by atoms with E-state index in [-0.39, 0.29) is 0 Å². The monoisotopic (exact) mass is 220 g/mol. The predicted octanol–water partition coefficient (Wildman–Crippen LogP) is 1.37. The molecule has 0 aromatic heterocycles. The molecule has 1 aliphatic heterocycles. The first-order valence-electron chi connectivity index (χ1n) is 5.85. The van der Waals surface area contributed by atoms with Crippen molar-refractivity contribution in [2.45, 2.75) is 25.6 Å². The Bertz CT molecular complexity index is 323. The first-order valence-corrected chi connectivity index (χ1v) is 5.85. The molecule has 3 nitrogen and oxygen atoms in total. The minimum Gasteiger partial charge on any atom is -0.380 e. The van der Waals surface area contributed by atoms with Crippen LogP contribution in [0, 0.1) is 0 Å². The zero-order valence-corrected chi connectivity index (χ0v) is 9.86. The van der Waals surface area contributed by atoms with Crippen molar-refractivity contribution in [3.05, 3.63) is 35.4 Å². The molecule has 16 heavy (non-hydrogen) atoms. The molecule has 0 amide bonds. The summed E-state index contributed by atoms with van der Waals surface area (Å²) >= 11 is 0. The maximum atomic E-state index is 5.57. The van der Waals surface area contributed by atoms with E-state index in [9.17, 15) is 0 Å². The third kappa shape index (κ3) is 2.82. The van der Waals surface area contributed by atoms with Crippen LogP contribution in [0.15, 0.2) is 24.3 Å². The topological polar surface area (TPSA) is 38.5 Å². The first-order chi connectivity index (χ1) is 7.81. The van der Waals surface area contributed by atoms with Crippen molar-refractivity contribution in [1.82, 2.24) is 4.90 Å². The lowest BCUT2D eigenvalue weighted by Crippen LogP contribution is -2.22. The average Bonchev–Trinajstić information content (AvgIpc) is 2.78. The van der Waals surface area contributed by atoms with Gasteiger partial charge in [-0.2, -0.15) is 0 Å². The number of likely N-dealkylation sites (tertiary alicyclic amines) is 1. The normalized spacial score (nSPS) is 21.5. The van der Waals surface area contributed by atoms with Crippen LogP contribution in [0.25, 0.3) is 0 Å². The number of rotatable bonds is 4. The van der Waals surface area contributed by atoms with Crippen LogP contribution in [0.5, 0.6) is 0 Å². The van der Waals surface area contributed by atoms with Crippen molar-refractivity contribution < 1.29 is 4.74 Å². The molecule has 0 radical (unpaired) electrons. The summed E-state index contributed by atoms with van der Waals surface area (Å²) in [5, 5.41) is 0. The minimum atomic E-state index is 0.420. The third-order valence-electron chi connectivity index (χ3n) is 3.23. The van der Waals surface area contributed by atoms with Gasteiger partial charge in [-0.15, -0.1) is 0 Å². The van der Waals surface area contributed by atoms with Crippen LogP contribution in [0.2, 0.25) is 0 Å². The van der Waals surface area contributed by atoms with E-state index in [4.69, 9.17) is 10.5 Å². The first kappa shape index (κ1) is 11.6. The average molecular weight is 220 g/mol. The summed E-state index contributed by atoms with van der Waals surface area (Å²) in [6, 6.07) is 8.56. The van der Waals surface area contributed by atoms with Crippen molar-refractivity contribution >= 4 is 0 Å². The zero-order chi connectivity index (χ0) is 11.4. The number of hydrogen-bond donors (Lipinski definition) is 1. The second kappa shape index (κ2) is 5.43. The molecular weight excluding hydrogens is 200 g/mol. The fourth-order valence-electron chi connectivity index (χ4n) is 2.17. The number of ether oxygens (including phenoxy) is 1. The highest BCUT2D eigenvalue weighted by atomic mass is 16.5. The van der Waals surface area contributed by atoms with Crippen LogP contribution < -0.4 is 5.73 Å². The fourth-order valence-corrected chi connectivity index (χ4v) is 2.17. The van der Waals surface area contributed by atoms with Gasteiger partial charge in [0.15, 0.2) is 0 Å². The highest BCUT2D eigenvalue weighted by Crippen LogP contribution is 2.15. The van der Waals surface area contributed by atoms with E-state index in [1.807, 2.05) is 0 Å². The lowest BCUT2D eigenvalue weighted by molar-refractivity contribution is 0.107. The lowest BCUT2D eigenvalue weighted by atomic mass is 10.1. The van der Waals surface area contributed by atoms with Crippen LogP contribution in [0.4, 0.5) is 0 Å². The van der Waals surface area contributed by atoms with E-state index < -0.39 is 0 Å². The van der Waals surface area contributed by atoms with Crippen LogP contribution in [0.3, 0.4) is 0 Å². The summed E-state index contributed by atoms with van der Waals surface area (Å²) < 4.78 is 5.36. The Labute approximate surface area is 97.2 Å². The Morgan fingerprint density at radius 1 is 1.31 bits per heavy atom. The molecule has 1 atom stereocenters. The van der Waals surface area contributed by atoms with Crippen molar-refractivity contribution in [2.24, 2.45) is 5.73 Å². The number of nitrogens with two attached hydrogens (primary N) is 1. The Morgan fingerprint density at radius 2 is 2.00 bits per heavy atom. The van der Waals surface area contributed by atoms with E-state index in [1.165, 1.54) is 11.1 Å². The van der Waals surface area contributed by atoms with Crippen molar-refractivity contribution in [3.8, 4) is 0 Å². The van der Waals surface area contributed by atoms with Crippen molar-refractivity contribution in [1.29, 1.82) is 0 Å². The second-order valence-corrected chi connectivity index (χ2v) is 4.40. The number of benzene rings is 1. The summed E-state index contributed by atoms with van der Waals surface area (Å²) in [7, 11) is 1.80. The molecule has 1 heterocycles. The van der Waals surface area contributed by atoms with Gasteiger partial charge < -0.3 is 10.5 Å². The molecule has 0 aliphatic carbocycles. The molecular formula is C13H20N2O. The molecule has 2 rings (SSSR count). The van der Waals surface area contributed by atoms with Crippen LogP contribution in [-0.2, 0) is 17.8 Å². The second-order valence-electron chi connectivity index (χ2n) is 4.40. The smallest absolute Gasteiger partial charge is 0.0710 e. The summed E-state index contributed by atoms with van der Waals surface area (Å²) in [5.41, 5.74) is 8.12. The van der Waals surface area contributed by atoms with Gasteiger partial charge in [0, 0.05) is 33.3 Å². The van der Waals surface area contributed by atoms with E-state index in [2.05, 4.69) is 29.2 Å². The van der Waals surface area contributed by atoms with Gasteiger partial charge in [-0.05, 0) is 17.5 Å². The maximum absolute atomic E-state index is 5.57. The summed E-state index contributed by atoms with van der Waals surface area (Å²) in [6.45, 7) is 3.83. The fraction of sp³-hybridized carbons (Fsp3) is 0.538. The van der Waals surface area contributed by atoms with E-state index in [1.54, 1.807) is 7.11 Å². The van der Waals surface area contributed by atoms with Gasteiger partial charge in [0.05, 0.1) is 6.10 Å². The van der Waals surface area contributed by atoms with Gasteiger partial charge >= 0.3 is 0 Å². The Morgan fingerprint density at radius 3 is 2.56 bits per heavy atom. The predicted molar refractivity (Wildman–Crippen MR) is 65.0 cm³/mol. The Hall–Kier alpha value is -0.900. The molecule has 0 saturated carbocycles. The van der Waals surface area contributed by atoms with E-state index in [0.29, 0.717) is 12.6 Å². The Kier molecular flexibility index (Phi) is 3.93. The number of methoxy groups -OCH3 is 1. The summed E-state index contributed by atoms with van der Waals surface area (Å²) in [6.07, 6.45) is 1.57. The SMILES string of the molecule is COC1CCN(Cc2ccc(CN)cc2)C1. The van der Waals surface area contributed by atoms with Gasteiger partial charge in [-0.25, -0.2) is 0 Å². The largest absolute Gasteiger partial charge is 0.380 e. The molecule has 1 aromatic rings. The molecule has 0 bridgehead atoms.